The highest BCUT2D eigenvalue weighted by Crippen LogP contribution is 2.27. The summed E-state index contributed by atoms with van der Waals surface area (Å²) in [5, 5.41) is 13.1. The molecule has 0 saturated carbocycles. The van der Waals surface area contributed by atoms with Crippen molar-refractivity contribution in [3.8, 4) is 0 Å². The van der Waals surface area contributed by atoms with Gasteiger partial charge >= 0.3 is 0 Å². The van der Waals surface area contributed by atoms with Crippen LogP contribution in [0.5, 0.6) is 0 Å². The Morgan fingerprint density at radius 2 is 1.93 bits per heavy atom. The molecule has 74 valence electrons. The molecular weight excluding hydrogens is 186 g/mol. The fraction of sp³-hybridized carbons (Fsp3) is 0.0769. The van der Waals surface area contributed by atoms with Gasteiger partial charge in [0.2, 0.25) is 0 Å². The third-order valence-corrected chi connectivity index (χ3v) is 2.81. The second kappa shape index (κ2) is 3.11. The Kier molecular flexibility index (Phi) is 1.76. The van der Waals surface area contributed by atoms with Crippen molar-refractivity contribution >= 4 is 16.8 Å². The Morgan fingerprint density at radius 1 is 1.07 bits per heavy atom. The van der Waals surface area contributed by atoms with E-state index in [9.17, 15) is 5.21 Å². The van der Waals surface area contributed by atoms with Crippen LogP contribution in [0.25, 0.3) is 16.8 Å². The predicted octanol–water partition coefficient (Wildman–Crippen LogP) is 3.02. The molecule has 1 aliphatic heterocycles. The maximum atomic E-state index is 9.37. The van der Waals surface area contributed by atoms with E-state index in [2.05, 4.69) is 24.3 Å². The lowest BCUT2D eigenvalue weighted by atomic mass is 9.97. The van der Waals surface area contributed by atoms with Gasteiger partial charge in [-0.1, -0.05) is 36.4 Å². The van der Waals surface area contributed by atoms with E-state index in [4.69, 9.17) is 0 Å². The molecule has 2 aromatic carbocycles. The van der Waals surface area contributed by atoms with Gasteiger partial charge in [-0.15, -0.1) is 0 Å². The maximum absolute atomic E-state index is 9.37. The van der Waals surface area contributed by atoms with Crippen molar-refractivity contribution in [2.75, 3.05) is 0 Å². The molecular formula is C13H11NO. The largest absolute Gasteiger partial charge is 0.289 e. The monoisotopic (exact) mass is 197 g/mol. The minimum absolute atomic E-state index is 0.566. The Hall–Kier alpha value is -1.80. The Morgan fingerprint density at radius 3 is 2.87 bits per heavy atom. The van der Waals surface area contributed by atoms with E-state index in [-0.39, 0.29) is 0 Å². The van der Waals surface area contributed by atoms with E-state index in [0.717, 1.165) is 0 Å². The van der Waals surface area contributed by atoms with Crippen LogP contribution in [-0.4, -0.2) is 10.3 Å². The fourth-order valence-corrected chi connectivity index (χ4v) is 2.06. The van der Waals surface area contributed by atoms with Crippen LogP contribution < -0.4 is 0 Å². The summed E-state index contributed by atoms with van der Waals surface area (Å²) in [5.41, 5.74) is 2.39. The van der Waals surface area contributed by atoms with Gasteiger partial charge in [0, 0.05) is 6.20 Å². The average molecular weight is 197 g/mol. The molecule has 15 heavy (non-hydrogen) atoms. The summed E-state index contributed by atoms with van der Waals surface area (Å²) < 4.78 is 0. The summed E-state index contributed by atoms with van der Waals surface area (Å²) in [6, 6.07) is 12.5. The number of rotatable bonds is 0. The van der Waals surface area contributed by atoms with E-state index < -0.39 is 0 Å². The quantitative estimate of drug-likeness (QED) is 0.701. The van der Waals surface area contributed by atoms with E-state index in [0.29, 0.717) is 6.54 Å². The van der Waals surface area contributed by atoms with Gasteiger partial charge in [0.05, 0.1) is 6.54 Å². The lowest BCUT2D eigenvalue weighted by molar-refractivity contribution is -0.0494. The highest BCUT2D eigenvalue weighted by atomic mass is 16.5. The molecule has 2 aromatic rings. The molecule has 1 aliphatic rings. The lowest BCUT2D eigenvalue weighted by Gasteiger charge is -2.20. The number of hydroxylamine groups is 2. The molecule has 0 spiro atoms. The van der Waals surface area contributed by atoms with Crippen molar-refractivity contribution < 1.29 is 5.21 Å². The topological polar surface area (TPSA) is 23.5 Å². The zero-order valence-electron chi connectivity index (χ0n) is 8.22. The van der Waals surface area contributed by atoms with Gasteiger partial charge in [-0.25, -0.2) is 0 Å². The summed E-state index contributed by atoms with van der Waals surface area (Å²) in [6.07, 6.45) is 3.66. The number of fused-ring (bicyclic) bond motifs is 3. The average Bonchev–Trinajstić information content (AvgIpc) is 2.28. The number of nitrogens with zero attached hydrogens (tertiary/aromatic N) is 1. The van der Waals surface area contributed by atoms with Crippen LogP contribution in [0.1, 0.15) is 11.1 Å². The SMILES string of the molecule is ON1C=Cc2c(ccc3ccccc23)C1. The molecule has 0 fully saturated rings. The molecule has 0 aromatic heterocycles. The Labute approximate surface area is 88.0 Å². The minimum Gasteiger partial charge on any atom is -0.289 e. The van der Waals surface area contributed by atoms with E-state index in [1.165, 1.54) is 27.0 Å². The van der Waals surface area contributed by atoms with Crippen molar-refractivity contribution in [1.29, 1.82) is 0 Å². The van der Waals surface area contributed by atoms with Crippen molar-refractivity contribution in [2.24, 2.45) is 0 Å². The minimum atomic E-state index is 0.566. The first-order valence-electron chi connectivity index (χ1n) is 4.99. The molecule has 0 unspecified atom stereocenters. The predicted molar refractivity (Wildman–Crippen MR) is 60.3 cm³/mol. The van der Waals surface area contributed by atoms with Crippen LogP contribution in [0.15, 0.2) is 42.6 Å². The van der Waals surface area contributed by atoms with Gasteiger partial charge in [0.25, 0.3) is 0 Å². The number of benzene rings is 2. The van der Waals surface area contributed by atoms with Gasteiger partial charge in [0.1, 0.15) is 0 Å². The number of hydrogen-bond donors (Lipinski definition) is 1. The third kappa shape index (κ3) is 1.30. The van der Waals surface area contributed by atoms with E-state index in [1.807, 2.05) is 18.2 Å². The standard InChI is InChI=1S/C13H11NO/c15-14-8-7-13-11(9-14)6-5-10-3-1-2-4-12(10)13/h1-8,15H,9H2. The lowest BCUT2D eigenvalue weighted by Crippen LogP contribution is -2.15. The van der Waals surface area contributed by atoms with Crippen LogP contribution in [-0.2, 0) is 6.54 Å². The molecule has 0 bridgehead atoms. The second-order valence-electron chi connectivity index (χ2n) is 3.77. The van der Waals surface area contributed by atoms with Crippen molar-refractivity contribution in [2.45, 2.75) is 6.54 Å². The maximum Gasteiger partial charge on any atom is 0.0702 e. The third-order valence-electron chi connectivity index (χ3n) is 2.81. The van der Waals surface area contributed by atoms with Gasteiger partial charge in [-0.3, -0.25) is 10.3 Å². The van der Waals surface area contributed by atoms with Gasteiger partial charge in [-0.2, -0.15) is 0 Å². The first-order chi connectivity index (χ1) is 7.34. The summed E-state index contributed by atoms with van der Waals surface area (Å²) in [5.74, 6) is 0. The second-order valence-corrected chi connectivity index (χ2v) is 3.77. The first kappa shape index (κ1) is 8.50. The van der Waals surface area contributed by atoms with E-state index >= 15 is 0 Å². The summed E-state index contributed by atoms with van der Waals surface area (Å²) in [6.45, 7) is 0.566. The molecule has 2 nitrogen and oxygen atoms in total. The smallest absolute Gasteiger partial charge is 0.0702 e. The van der Waals surface area contributed by atoms with Crippen LogP contribution in [0.3, 0.4) is 0 Å². The summed E-state index contributed by atoms with van der Waals surface area (Å²) in [7, 11) is 0. The molecule has 0 saturated heterocycles. The van der Waals surface area contributed by atoms with Crippen molar-refractivity contribution in [3.05, 3.63) is 53.7 Å². The molecule has 0 aliphatic carbocycles. The highest BCUT2D eigenvalue weighted by Gasteiger charge is 2.10. The van der Waals surface area contributed by atoms with Gasteiger partial charge in [-0.05, 0) is 28.0 Å². The highest BCUT2D eigenvalue weighted by molar-refractivity contribution is 5.92. The van der Waals surface area contributed by atoms with Crippen molar-refractivity contribution in [3.63, 3.8) is 0 Å². The van der Waals surface area contributed by atoms with Crippen LogP contribution in [0.4, 0.5) is 0 Å². The summed E-state index contributed by atoms with van der Waals surface area (Å²) >= 11 is 0. The van der Waals surface area contributed by atoms with Crippen LogP contribution >= 0.6 is 0 Å². The number of hydrogen-bond acceptors (Lipinski definition) is 2. The molecule has 3 rings (SSSR count). The van der Waals surface area contributed by atoms with E-state index in [1.54, 1.807) is 6.20 Å². The molecule has 0 atom stereocenters. The van der Waals surface area contributed by atoms with Crippen LogP contribution in [0.2, 0.25) is 0 Å². The normalized spacial score (nSPS) is 14.3. The molecule has 0 radical (unpaired) electrons. The Bertz CT molecular complexity index is 545. The zero-order chi connectivity index (χ0) is 10.3. The first-order valence-corrected chi connectivity index (χ1v) is 4.99. The molecule has 1 N–H and O–H groups in total. The summed E-state index contributed by atoms with van der Waals surface area (Å²) in [4.78, 5) is 0. The zero-order valence-corrected chi connectivity index (χ0v) is 8.22. The van der Waals surface area contributed by atoms with Gasteiger partial charge < -0.3 is 0 Å². The van der Waals surface area contributed by atoms with Crippen molar-refractivity contribution in [1.82, 2.24) is 5.06 Å². The molecule has 0 amide bonds. The van der Waals surface area contributed by atoms with Gasteiger partial charge in [0.15, 0.2) is 0 Å². The van der Waals surface area contributed by atoms with Crippen LogP contribution in [0, 0.1) is 0 Å². The molecule has 1 heterocycles. The molecule has 2 heteroatoms. The Balaban J connectivity index is 2.33. The fourth-order valence-electron chi connectivity index (χ4n) is 2.06.